The first-order valence-electron chi connectivity index (χ1n) is 14.5. The Morgan fingerprint density at radius 3 is 2.52 bits per heavy atom. The molecule has 0 bridgehead atoms. The monoisotopic (exact) mass is 559 g/mol. The molecule has 0 radical (unpaired) electrons. The number of carboxylic acid groups (broad SMARTS) is 1. The third-order valence-electron chi connectivity index (χ3n) is 8.00. The van der Waals surface area contributed by atoms with Gasteiger partial charge in [0.25, 0.3) is 0 Å². The van der Waals surface area contributed by atoms with Crippen LogP contribution in [-0.4, -0.2) is 98.4 Å². The molecule has 1 N–H and O–H groups in total. The highest BCUT2D eigenvalue weighted by atomic mass is 16.7. The Hall–Kier alpha value is -2.78. The number of carbonyl (C=O) groups is 2. The van der Waals surface area contributed by atoms with E-state index in [-0.39, 0.29) is 36.6 Å². The normalized spacial score (nSPS) is 20.9. The molecule has 1 saturated heterocycles. The molecule has 0 aromatic heterocycles. The Labute approximate surface area is 240 Å². The van der Waals surface area contributed by atoms with Gasteiger partial charge in [0.1, 0.15) is 0 Å². The van der Waals surface area contributed by atoms with Crippen LogP contribution in [0, 0.1) is 11.3 Å². The average Bonchev–Trinajstić information content (AvgIpc) is 3.49. The van der Waals surface area contributed by atoms with Crippen molar-refractivity contribution in [2.24, 2.45) is 11.3 Å². The molecule has 1 aromatic carbocycles. The predicted octanol–water partition coefficient (Wildman–Crippen LogP) is 4.47. The number of hydrogen-bond donors (Lipinski definition) is 1. The topological polar surface area (TPSA) is 91.8 Å². The van der Waals surface area contributed by atoms with Crippen molar-refractivity contribution in [3.63, 3.8) is 0 Å². The minimum atomic E-state index is -0.855. The van der Waals surface area contributed by atoms with Gasteiger partial charge in [0.15, 0.2) is 11.5 Å². The van der Waals surface area contributed by atoms with Crippen LogP contribution in [0.3, 0.4) is 0 Å². The lowest BCUT2D eigenvalue weighted by Crippen LogP contribution is -2.46. The molecule has 0 saturated carbocycles. The number of carboxylic acids is 1. The SMILES string of the molecule is CC=CC(C)(C)C[C@H]1[C@H](C(=O)O)[C@@H](c2cc(OC)c3c(c2)OCO3)CN1CC(=O)N(CCCC)CCCN(C)C. The molecule has 2 heterocycles. The zero-order valence-electron chi connectivity index (χ0n) is 25.4. The summed E-state index contributed by atoms with van der Waals surface area (Å²) in [6, 6.07) is 3.42. The van der Waals surface area contributed by atoms with Crippen LogP contribution in [0.1, 0.15) is 64.9 Å². The van der Waals surface area contributed by atoms with E-state index in [1.165, 1.54) is 0 Å². The molecule has 1 aromatic rings. The predicted molar refractivity (Wildman–Crippen MR) is 156 cm³/mol. The van der Waals surface area contributed by atoms with Crippen LogP contribution in [0.4, 0.5) is 0 Å². The van der Waals surface area contributed by atoms with Gasteiger partial charge in [-0.1, -0.05) is 39.3 Å². The molecule has 0 spiro atoms. The fourth-order valence-electron chi connectivity index (χ4n) is 6.07. The smallest absolute Gasteiger partial charge is 0.308 e. The summed E-state index contributed by atoms with van der Waals surface area (Å²) in [6.45, 7) is 11.4. The molecule has 0 unspecified atom stereocenters. The zero-order chi connectivity index (χ0) is 29.4. The van der Waals surface area contributed by atoms with Crippen LogP contribution in [0.15, 0.2) is 24.3 Å². The maximum atomic E-state index is 13.7. The Kier molecular flexibility index (Phi) is 11.3. The number of hydrogen-bond acceptors (Lipinski definition) is 7. The number of methoxy groups -OCH3 is 1. The van der Waals surface area contributed by atoms with Crippen LogP contribution in [0.5, 0.6) is 17.2 Å². The molecule has 2 aliphatic rings. The quantitative estimate of drug-likeness (QED) is 0.315. The van der Waals surface area contributed by atoms with Crippen molar-refractivity contribution in [2.75, 3.05) is 60.7 Å². The van der Waals surface area contributed by atoms with Gasteiger partial charge in [0, 0.05) is 31.6 Å². The van der Waals surface area contributed by atoms with Gasteiger partial charge in [-0.3, -0.25) is 14.5 Å². The zero-order valence-corrected chi connectivity index (χ0v) is 25.4. The molecule has 1 fully saturated rings. The second-order valence-electron chi connectivity index (χ2n) is 12.0. The summed E-state index contributed by atoms with van der Waals surface area (Å²) in [5.41, 5.74) is 0.592. The van der Waals surface area contributed by atoms with Crippen molar-refractivity contribution < 1.29 is 28.9 Å². The molecule has 1 amide bonds. The van der Waals surface area contributed by atoms with E-state index in [1.807, 2.05) is 44.1 Å². The summed E-state index contributed by atoms with van der Waals surface area (Å²) in [5, 5.41) is 10.6. The number of allylic oxidation sites excluding steroid dienone is 2. The number of ether oxygens (including phenoxy) is 3. The van der Waals surface area contributed by atoms with Crippen LogP contribution in [0.25, 0.3) is 0 Å². The number of carbonyl (C=O) groups excluding carboxylic acids is 1. The minimum Gasteiger partial charge on any atom is -0.493 e. The van der Waals surface area contributed by atoms with Gasteiger partial charge in [-0.2, -0.15) is 0 Å². The first-order chi connectivity index (χ1) is 19.0. The second-order valence-corrected chi connectivity index (χ2v) is 12.0. The van der Waals surface area contributed by atoms with Crippen molar-refractivity contribution in [3.8, 4) is 17.2 Å². The van der Waals surface area contributed by atoms with Crippen LogP contribution in [-0.2, 0) is 9.59 Å². The molecule has 3 rings (SSSR count). The summed E-state index contributed by atoms with van der Waals surface area (Å²) < 4.78 is 16.8. The lowest BCUT2D eigenvalue weighted by molar-refractivity contribution is -0.144. The molecule has 40 heavy (non-hydrogen) atoms. The third-order valence-corrected chi connectivity index (χ3v) is 8.00. The van der Waals surface area contributed by atoms with Crippen LogP contribution < -0.4 is 14.2 Å². The fourth-order valence-corrected chi connectivity index (χ4v) is 6.07. The number of amides is 1. The van der Waals surface area contributed by atoms with Gasteiger partial charge in [0.05, 0.1) is 19.6 Å². The van der Waals surface area contributed by atoms with E-state index < -0.39 is 11.9 Å². The highest BCUT2D eigenvalue weighted by Crippen LogP contribution is 2.48. The molecule has 9 heteroatoms. The van der Waals surface area contributed by atoms with E-state index in [0.717, 1.165) is 37.9 Å². The maximum Gasteiger partial charge on any atom is 0.308 e. The van der Waals surface area contributed by atoms with Gasteiger partial charge in [-0.15, -0.1) is 0 Å². The number of fused-ring (bicyclic) bond motifs is 1. The minimum absolute atomic E-state index is 0.0640. The van der Waals surface area contributed by atoms with E-state index in [0.29, 0.717) is 36.8 Å². The van der Waals surface area contributed by atoms with E-state index >= 15 is 0 Å². The van der Waals surface area contributed by atoms with Gasteiger partial charge in [-0.05, 0) is 69.9 Å². The van der Waals surface area contributed by atoms with Crippen molar-refractivity contribution in [3.05, 3.63) is 29.8 Å². The van der Waals surface area contributed by atoms with Gasteiger partial charge in [0.2, 0.25) is 18.4 Å². The van der Waals surface area contributed by atoms with Crippen molar-refractivity contribution in [1.82, 2.24) is 14.7 Å². The number of rotatable bonds is 15. The highest BCUT2D eigenvalue weighted by Gasteiger charge is 2.49. The molecule has 2 aliphatic heterocycles. The fraction of sp³-hybridized carbons (Fsp3) is 0.677. The van der Waals surface area contributed by atoms with E-state index in [4.69, 9.17) is 14.2 Å². The molecular formula is C31H49N3O6. The second kappa shape index (κ2) is 14.2. The summed E-state index contributed by atoms with van der Waals surface area (Å²) in [5.74, 6) is -0.191. The largest absolute Gasteiger partial charge is 0.493 e. The van der Waals surface area contributed by atoms with Gasteiger partial charge in [-0.25, -0.2) is 0 Å². The van der Waals surface area contributed by atoms with Crippen LogP contribution in [0.2, 0.25) is 0 Å². The molecule has 9 nitrogen and oxygen atoms in total. The number of benzene rings is 1. The number of nitrogens with zero attached hydrogens (tertiary/aromatic N) is 3. The lowest BCUT2D eigenvalue weighted by atomic mass is 9.77. The first-order valence-corrected chi connectivity index (χ1v) is 14.5. The van der Waals surface area contributed by atoms with E-state index in [9.17, 15) is 14.7 Å². The lowest BCUT2D eigenvalue weighted by Gasteiger charge is -2.34. The Bertz CT molecular complexity index is 1040. The molecule has 0 aliphatic carbocycles. The number of likely N-dealkylation sites (tertiary alicyclic amines) is 1. The van der Waals surface area contributed by atoms with Crippen molar-refractivity contribution >= 4 is 11.9 Å². The number of unbranched alkanes of at least 4 members (excludes halogenated alkanes) is 1. The van der Waals surface area contributed by atoms with Crippen LogP contribution >= 0.6 is 0 Å². The first kappa shape index (κ1) is 31.7. The number of aliphatic carboxylic acids is 1. The Morgan fingerprint density at radius 1 is 1.18 bits per heavy atom. The summed E-state index contributed by atoms with van der Waals surface area (Å²) in [6.07, 6.45) is 7.61. The standard InChI is InChI=1S/C31H49N3O6/c1-8-10-14-33(15-11-13-32(5)6)27(35)20-34-19-23(22-16-25(38-7)29-26(17-22)39-21-40-29)28(30(36)37)24(34)18-31(3,4)12-9-2/h9,12,16-17,23-24,28H,8,10-11,13-15,18-21H2,1-7H3,(H,36,37)/t23-,24+,28-/m1/s1. The maximum absolute atomic E-state index is 13.7. The molecule has 3 atom stereocenters. The van der Waals surface area contributed by atoms with Gasteiger partial charge >= 0.3 is 5.97 Å². The molecular weight excluding hydrogens is 510 g/mol. The highest BCUT2D eigenvalue weighted by molar-refractivity contribution is 5.79. The summed E-state index contributed by atoms with van der Waals surface area (Å²) >= 11 is 0. The van der Waals surface area contributed by atoms with E-state index in [1.54, 1.807) is 7.11 Å². The molecule has 224 valence electrons. The summed E-state index contributed by atoms with van der Waals surface area (Å²) in [7, 11) is 5.65. The average molecular weight is 560 g/mol. The van der Waals surface area contributed by atoms with Crippen molar-refractivity contribution in [2.45, 2.75) is 65.3 Å². The van der Waals surface area contributed by atoms with Crippen molar-refractivity contribution in [1.29, 1.82) is 0 Å². The summed E-state index contributed by atoms with van der Waals surface area (Å²) in [4.78, 5) is 32.9. The Morgan fingerprint density at radius 2 is 1.90 bits per heavy atom. The third kappa shape index (κ3) is 7.91. The Balaban J connectivity index is 1.95. The van der Waals surface area contributed by atoms with E-state index in [2.05, 4.69) is 36.6 Å². The van der Waals surface area contributed by atoms with Gasteiger partial charge < -0.3 is 29.1 Å².